The first-order chi connectivity index (χ1) is 12.1. The average molecular weight is 329 g/mol. The molecule has 2 aromatic carbocycles. The molecule has 4 rings (SSSR count). The molecule has 0 radical (unpaired) electrons. The summed E-state index contributed by atoms with van der Waals surface area (Å²) in [5.74, 6) is 0. The zero-order valence-corrected chi connectivity index (χ0v) is 14.2. The zero-order chi connectivity index (χ0) is 17.4. The first-order valence-corrected chi connectivity index (χ1v) is 8.32. The number of carbonyl (C=O) groups is 1. The summed E-state index contributed by atoms with van der Waals surface area (Å²) in [5, 5.41) is 5.98. The molecule has 1 aliphatic carbocycles. The third-order valence-electron chi connectivity index (χ3n) is 4.53. The lowest BCUT2D eigenvalue weighted by molar-refractivity contribution is 0.250. The molecule has 1 heterocycles. The highest BCUT2D eigenvalue weighted by Gasteiger charge is 2.30. The Balaban J connectivity index is 1.62. The van der Waals surface area contributed by atoms with E-state index in [2.05, 4.69) is 33.8 Å². The number of aryl methyl sites for hydroxylation is 2. The van der Waals surface area contributed by atoms with Crippen LogP contribution in [0.15, 0.2) is 60.8 Å². The predicted molar refractivity (Wildman–Crippen MR) is 99.6 cm³/mol. The van der Waals surface area contributed by atoms with Crippen LogP contribution in [-0.2, 0) is 0 Å². The van der Waals surface area contributed by atoms with Gasteiger partial charge in [0.15, 0.2) is 0 Å². The van der Waals surface area contributed by atoms with E-state index in [1.165, 1.54) is 0 Å². The van der Waals surface area contributed by atoms with Crippen molar-refractivity contribution in [3.8, 4) is 11.1 Å². The first-order valence-electron chi connectivity index (χ1n) is 8.32. The molecular formula is C21H19N3O. The number of anilines is 1. The molecule has 0 fully saturated rings. The van der Waals surface area contributed by atoms with Crippen LogP contribution in [0.25, 0.3) is 11.1 Å². The second kappa shape index (κ2) is 6.06. The van der Waals surface area contributed by atoms with Crippen molar-refractivity contribution in [2.24, 2.45) is 0 Å². The number of nitrogens with zero attached hydrogens (tertiary/aromatic N) is 1. The van der Waals surface area contributed by atoms with Gasteiger partial charge in [0.2, 0.25) is 0 Å². The minimum atomic E-state index is -0.225. The van der Waals surface area contributed by atoms with Crippen LogP contribution in [-0.4, -0.2) is 11.0 Å². The third kappa shape index (κ3) is 2.87. The molecular weight excluding hydrogens is 310 g/mol. The van der Waals surface area contributed by atoms with Gasteiger partial charge in [0.1, 0.15) is 0 Å². The lowest BCUT2D eigenvalue weighted by Gasteiger charge is -2.16. The van der Waals surface area contributed by atoms with E-state index in [1.807, 2.05) is 56.4 Å². The van der Waals surface area contributed by atoms with Crippen molar-refractivity contribution in [2.75, 3.05) is 5.32 Å². The van der Waals surface area contributed by atoms with E-state index in [0.29, 0.717) is 0 Å². The highest BCUT2D eigenvalue weighted by atomic mass is 16.2. The SMILES string of the molecule is Cc1ccc(NC(=O)NC2c3ccccc3-c3cc(C)ncc32)cc1. The number of aromatic nitrogens is 1. The summed E-state index contributed by atoms with van der Waals surface area (Å²) in [4.78, 5) is 16.9. The standard InChI is InChI=1S/C21H19N3O/c1-13-7-9-15(10-8-13)23-21(25)24-20-17-6-4-3-5-16(17)18-11-14(2)22-12-19(18)20/h3-12,20H,1-2H3,(H2,23,24,25). The second-order valence-corrected chi connectivity index (χ2v) is 6.40. The smallest absolute Gasteiger partial charge is 0.319 e. The minimum Gasteiger partial charge on any atom is -0.327 e. The van der Waals surface area contributed by atoms with Gasteiger partial charge >= 0.3 is 6.03 Å². The maximum absolute atomic E-state index is 12.5. The molecule has 2 amide bonds. The maximum atomic E-state index is 12.5. The van der Waals surface area contributed by atoms with Crippen molar-refractivity contribution in [3.63, 3.8) is 0 Å². The average Bonchev–Trinajstić information content (AvgIpc) is 2.91. The van der Waals surface area contributed by atoms with Gasteiger partial charge in [0.25, 0.3) is 0 Å². The quantitative estimate of drug-likeness (QED) is 0.722. The second-order valence-electron chi connectivity index (χ2n) is 6.40. The number of benzene rings is 2. The zero-order valence-electron chi connectivity index (χ0n) is 14.2. The van der Waals surface area contributed by atoms with Crippen LogP contribution in [0.2, 0.25) is 0 Å². The molecule has 2 N–H and O–H groups in total. The summed E-state index contributed by atoms with van der Waals surface area (Å²) in [6.45, 7) is 4.00. The Morgan fingerprint density at radius 2 is 1.72 bits per heavy atom. The van der Waals surface area contributed by atoms with E-state index < -0.39 is 0 Å². The van der Waals surface area contributed by atoms with Gasteiger partial charge in [-0.3, -0.25) is 4.98 Å². The van der Waals surface area contributed by atoms with Crippen molar-refractivity contribution in [2.45, 2.75) is 19.9 Å². The summed E-state index contributed by atoms with van der Waals surface area (Å²) in [5.41, 5.74) is 7.34. The van der Waals surface area contributed by atoms with E-state index in [1.54, 1.807) is 0 Å². The van der Waals surface area contributed by atoms with E-state index in [0.717, 1.165) is 39.2 Å². The number of amides is 2. The van der Waals surface area contributed by atoms with Crippen LogP contribution >= 0.6 is 0 Å². The Bertz CT molecular complexity index is 948. The summed E-state index contributed by atoms with van der Waals surface area (Å²) in [7, 11) is 0. The van der Waals surface area contributed by atoms with Crippen molar-refractivity contribution in [1.29, 1.82) is 0 Å². The van der Waals surface area contributed by atoms with Crippen LogP contribution in [0, 0.1) is 13.8 Å². The molecule has 0 bridgehead atoms. The fraction of sp³-hybridized carbons (Fsp3) is 0.143. The molecule has 4 nitrogen and oxygen atoms in total. The van der Waals surface area contributed by atoms with Gasteiger partial charge in [-0.1, -0.05) is 42.0 Å². The molecule has 0 spiro atoms. The first kappa shape index (κ1) is 15.4. The van der Waals surface area contributed by atoms with Gasteiger partial charge < -0.3 is 10.6 Å². The van der Waals surface area contributed by atoms with Gasteiger partial charge in [0, 0.05) is 23.1 Å². The van der Waals surface area contributed by atoms with Crippen LogP contribution in [0.3, 0.4) is 0 Å². The Hall–Kier alpha value is -3.14. The van der Waals surface area contributed by atoms with Gasteiger partial charge in [-0.15, -0.1) is 0 Å². The van der Waals surface area contributed by atoms with Gasteiger partial charge in [0.05, 0.1) is 6.04 Å². The van der Waals surface area contributed by atoms with Crippen molar-refractivity contribution in [3.05, 3.63) is 83.2 Å². The summed E-state index contributed by atoms with van der Waals surface area (Å²) in [6, 6.07) is 17.6. The molecule has 1 unspecified atom stereocenters. The van der Waals surface area contributed by atoms with E-state index in [4.69, 9.17) is 0 Å². The molecule has 0 saturated carbocycles. The molecule has 4 heteroatoms. The lowest BCUT2D eigenvalue weighted by Crippen LogP contribution is -2.32. The Morgan fingerprint density at radius 1 is 0.960 bits per heavy atom. The van der Waals surface area contributed by atoms with Crippen molar-refractivity contribution in [1.82, 2.24) is 10.3 Å². The monoisotopic (exact) mass is 329 g/mol. The number of pyridine rings is 1. The fourth-order valence-corrected chi connectivity index (χ4v) is 3.29. The summed E-state index contributed by atoms with van der Waals surface area (Å²) in [6.07, 6.45) is 1.86. The van der Waals surface area contributed by atoms with Crippen LogP contribution in [0.1, 0.15) is 28.4 Å². The number of hydrogen-bond acceptors (Lipinski definition) is 2. The number of fused-ring (bicyclic) bond motifs is 3. The molecule has 3 aromatic rings. The molecule has 1 aliphatic rings. The predicted octanol–water partition coefficient (Wildman–Crippen LogP) is 4.59. The van der Waals surface area contributed by atoms with Crippen LogP contribution < -0.4 is 10.6 Å². The Kier molecular flexibility index (Phi) is 3.73. The van der Waals surface area contributed by atoms with Crippen LogP contribution in [0.5, 0.6) is 0 Å². The molecule has 124 valence electrons. The highest BCUT2D eigenvalue weighted by Crippen LogP contribution is 2.43. The molecule has 1 atom stereocenters. The largest absolute Gasteiger partial charge is 0.327 e. The number of hydrogen-bond donors (Lipinski definition) is 2. The van der Waals surface area contributed by atoms with E-state index in [-0.39, 0.29) is 12.1 Å². The molecule has 25 heavy (non-hydrogen) atoms. The third-order valence-corrected chi connectivity index (χ3v) is 4.53. The highest BCUT2D eigenvalue weighted by molar-refractivity contribution is 5.91. The lowest BCUT2D eigenvalue weighted by atomic mass is 10.1. The number of urea groups is 1. The van der Waals surface area contributed by atoms with E-state index in [9.17, 15) is 4.79 Å². The van der Waals surface area contributed by atoms with Gasteiger partial charge in [-0.25, -0.2) is 4.79 Å². The molecule has 0 aliphatic heterocycles. The van der Waals surface area contributed by atoms with Gasteiger partial charge in [-0.05, 0) is 48.7 Å². The number of carbonyl (C=O) groups excluding carboxylic acids is 1. The Labute approximate surface area is 146 Å². The van der Waals surface area contributed by atoms with Crippen molar-refractivity contribution >= 4 is 11.7 Å². The summed E-state index contributed by atoms with van der Waals surface area (Å²) >= 11 is 0. The minimum absolute atomic E-state index is 0.190. The number of rotatable bonds is 2. The van der Waals surface area contributed by atoms with E-state index >= 15 is 0 Å². The summed E-state index contributed by atoms with van der Waals surface area (Å²) < 4.78 is 0. The topological polar surface area (TPSA) is 54.0 Å². The van der Waals surface area contributed by atoms with Gasteiger partial charge in [-0.2, -0.15) is 0 Å². The molecule has 1 aromatic heterocycles. The normalized spacial score (nSPS) is 14.6. The fourth-order valence-electron chi connectivity index (χ4n) is 3.29. The van der Waals surface area contributed by atoms with Crippen molar-refractivity contribution < 1.29 is 4.79 Å². The number of nitrogens with one attached hydrogen (secondary N) is 2. The maximum Gasteiger partial charge on any atom is 0.319 e. The Morgan fingerprint density at radius 3 is 2.52 bits per heavy atom. The molecule has 0 saturated heterocycles. The van der Waals surface area contributed by atoms with Crippen LogP contribution in [0.4, 0.5) is 10.5 Å².